The van der Waals surface area contributed by atoms with Gasteiger partial charge in [0.15, 0.2) is 0 Å². The first kappa shape index (κ1) is 11.5. The Hall–Kier alpha value is -0.460. The van der Waals surface area contributed by atoms with Gasteiger partial charge < -0.3 is 0 Å². The van der Waals surface area contributed by atoms with E-state index in [0.717, 1.165) is 5.04 Å². The highest BCUT2D eigenvalue weighted by Gasteiger charge is 2.02. The van der Waals surface area contributed by atoms with E-state index in [2.05, 4.69) is 37.6 Å². The second-order valence-corrected chi connectivity index (χ2v) is 4.41. The van der Waals surface area contributed by atoms with Crippen LogP contribution in [0.3, 0.4) is 0 Å². The van der Waals surface area contributed by atoms with E-state index in [1.54, 1.807) is 18.8 Å². The van der Waals surface area contributed by atoms with Crippen molar-refractivity contribution in [1.29, 1.82) is 0 Å². The van der Waals surface area contributed by atoms with E-state index in [1.807, 2.05) is 12.3 Å². The standard InChI is InChI=1S/C10H17NS/c1-10(2,3)8-6-7-9(11-4)12-5/h7-8H,1-5H3. The number of nitrogens with zero attached hydrogens (tertiary/aromatic N) is 1. The van der Waals surface area contributed by atoms with Crippen LogP contribution in [0, 0.1) is 5.41 Å². The molecule has 0 heterocycles. The van der Waals surface area contributed by atoms with E-state index in [0.29, 0.717) is 0 Å². The average molecular weight is 183 g/mol. The number of aliphatic imine (C=N–C) groups is 1. The smallest absolute Gasteiger partial charge is 0.0975 e. The minimum Gasteiger partial charge on any atom is -0.281 e. The predicted molar refractivity (Wildman–Crippen MR) is 59.0 cm³/mol. The van der Waals surface area contributed by atoms with Gasteiger partial charge in [-0.15, -0.1) is 17.5 Å². The number of hydrogen-bond donors (Lipinski definition) is 0. The number of thioether (sulfide) groups is 1. The Kier molecular flexibility index (Phi) is 5.03. The molecule has 0 bridgehead atoms. The van der Waals surface area contributed by atoms with Gasteiger partial charge in [-0.25, -0.2) is 0 Å². The van der Waals surface area contributed by atoms with Gasteiger partial charge in [-0.3, -0.25) is 4.99 Å². The highest BCUT2D eigenvalue weighted by molar-refractivity contribution is 8.13. The van der Waals surface area contributed by atoms with Gasteiger partial charge in [-0.05, 0) is 17.7 Å². The van der Waals surface area contributed by atoms with Crippen molar-refractivity contribution < 1.29 is 0 Å². The molecule has 0 radical (unpaired) electrons. The Labute approximate surface area is 79.7 Å². The van der Waals surface area contributed by atoms with Gasteiger partial charge in [0.1, 0.15) is 0 Å². The zero-order valence-electron chi connectivity index (χ0n) is 8.51. The maximum absolute atomic E-state index is 4.07. The molecule has 0 aromatic heterocycles. The van der Waals surface area contributed by atoms with Gasteiger partial charge in [-0.2, -0.15) is 0 Å². The number of rotatable bonds is 1. The Morgan fingerprint density at radius 3 is 2.33 bits per heavy atom. The third kappa shape index (κ3) is 6.26. The second kappa shape index (κ2) is 5.23. The molecule has 0 atom stereocenters. The average Bonchev–Trinajstić information content (AvgIpc) is 1.96. The summed E-state index contributed by atoms with van der Waals surface area (Å²) in [4.78, 5) is 4.07. The molecule has 0 unspecified atom stereocenters. The molecule has 0 spiro atoms. The highest BCUT2D eigenvalue weighted by Crippen LogP contribution is 2.13. The van der Waals surface area contributed by atoms with Gasteiger partial charge in [0.2, 0.25) is 0 Å². The summed E-state index contributed by atoms with van der Waals surface area (Å²) in [5.41, 5.74) is 3.33. The maximum Gasteiger partial charge on any atom is 0.0975 e. The quantitative estimate of drug-likeness (QED) is 0.345. The summed E-state index contributed by atoms with van der Waals surface area (Å²) in [7, 11) is 1.79. The van der Waals surface area contributed by atoms with Crippen molar-refractivity contribution in [2.75, 3.05) is 13.3 Å². The largest absolute Gasteiger partial charge is 0.281 e. The minimum atomic E-state index is 0.202. The molecule has 0 aromatic rings. The van der Waals surface area contributed by atoms with E-state index in [4.69, 9.17) is 0 Å². The first-order valence-corrected chi connectivity index (χ1v) is 5.16. The lowest BCUT2D eigenvalue weighted by atomic mass is 9.97. The second-order valence-electron chi connectivity index (χ2n) is 3.59. The maximum atomic E-state index is 4.07. The van der Waals surface area contributed by atoms with E-state index in [-0.39, 0.29) is 5.41 Å². The van der Waals surface area contributed by atoms with E-state index in [1.165, 1.54) is 0 Å². The van der Waals surface area contributed by atoms with Crippen LogP contribution in [-0.2, 0) is 0 Å². The van der Waals surface area contributed by atoms with Crippen molar-refractivity contribution in [3.63, 3.8) is 0 Å². The van der Waals surface area contributed by atoms with Crippen LogP contribution in [0.4, 0.5) is 0 Å². The fourth-order valence-corrected chi connectivity index (χ4v) is 0.946. The van der Waals surface area contributed by atoms with Crippen molar-refractivity contribution in [1.82, 2.24) is 0 Å². The lowest BCUT2D eigenvalue weighted by Gasteiger charge is -2.08. The van der Waals surface area contributed by atoms with Crippen LogP contribution in [0.5, 0.6) is 0 Å². The van der Waals surface area contributed by atoms with Crippen molar-refractivity contribution in [2.45, 2.75) is 20.8 Å². The van der Waals surface area contributed by atoms with Crippen molar-refractivity contribution in [3.05, 3.63) is 17.9 Å². The molecular formula is C10H17NS. The SMILES string of the molecule is CN=C(C=C=CC(C)(C)C)SC. The molecule has 0 amide bonds. The molecule has 0 N–H and O–H groups in total. The summed E-state index contributed by atoms with van der Waals surface area (Å²) in [6.45, 7) is 6.45. The van der Waals surface area contributed by atoms with Crippen molar-refractivity contribution >= 4 is 16.8 Å². The van der Waals surface area contributed by atoms with Crippen LogP contribution >= 0.6 is 11.8 Å². The third-order valence-electron chi connectivity index (χ3n) is 1.15. The van der Waals surface area contributed by atoms with Gasteiger partial charge in [-0.1, -0.05) is 20.8 Å². The fraction of sp³-hybridized carbons (Fsp3) is 0.600. The molecule has 0 saturated carbocycles. The summed E-state index contributed by atoms with van der Waals surface area (Å²) in [6, 6.07) is 0. The Bertz CT molecular complexity index is 214. The van der Waals surface area contributed by atoms with Crippen LogP contribution in [0.2, 0.25) is 0 Å². The highest BCUT2D eigenvalue weighted by atomic mass is 32.2. The van der Waals surface area contributed by atoms with Gasteiger partial charge in [0.05, 0.1) is 5.04 Å². The Balaban J connectivity index is 4.33. The summed E-state index contributed by atoms with van der Waals surface area (Å²) >= 11 is 1.63. The van der Waals surface area contributed by atoms with Crippen molar-refractivity contribution in [2.24, 2.45) is 10.4 Å². The normalized spacial score (nSPS) is 12.2. The van der Waals surface area contributed by atoms with Gasteiger partial charge in [0.25, 0.3) is 0 Å². The van der Waals surface area contributed by atoms with Crippen LogP contribution < -0.4 is 0 Å². The first-order valence-electron chi connectivity index (χ1n) is 3.94. The molecule has 0 aliphatic rings. The summed E-state index contributed by atoms with van der Waals surface area (Å²) in [5.74, 6) is 0. The molecule has 1 nitrogen and oxygen atoms in total. The Morgan fingerprint density at radius 2 is 2.00 bits per heavy atom. The lowest BCUT2D eigenvalue weighted by Crippen LogP contribution is -1.97. The first-order chi connectivity index (χ1) is 5.49. The van der Waals surface area contributed by atoms with Gasteiger partial charge >= 0.3 is 0 Å². The van der Waals surface area contributed by atoms with E-state index in [9.17, 15) is 0 Å². The van der Waals surface area contributed by atoms with Crippen LogP contribution in [0.1, 0.15) is 20.8 Å². The van der Waals surface area contributed by atoms with Crippen LogP contribution in [0.15, 0.2) is 22.9 Å². The number of hydrogen-bond acceptors (Lipinski definition) is 2. The molecule has 12 heavy (non-hydrogen) atoms. The molecule has 68 valence electrons. The van der Waals surface area contributed by atoms with Gasteiger partial charge in [0, 0.05) is 13.1 Å². The molecule has 0 aromatic carbocycles. The Morgan fingerprint density at radius 1 is 1.42 bits per heavy atom. The topological polar surface area (TPSA) is 12.4 Å². The predicted octanol–water partition coefficient (Wildman–Crippen LogP) is 3.14. The van der Waals surface area contributed by atoms with E-state index >= 15 is 0 Å². The molecule has 2 heteroatoms. The minimum absolute atomic E-state index is 0.202. The molecule has 0 rings (SSSR count). The monoisotopic (exact) mass is 183 g/mol. The van der Waals surface area contributed by atoms with Crippen molar-refractivity contribution in [3.8, 4) is 0 Å². The lowest BCUT2D eigenvalue weighted by molar-refractivity contribution is 0.545. The fourth-order valence-electron chi connectivity index (χ4n) is 0.578. The zero-order chi connectivity index (χ0) is 9.61. The molecule has 0 aliphatic heterocycles. The molecule has 0 fully saturated rings. The van der Waals surface area contributed by atoms with Crippen LogP contribution in [-0.4, -0.2) is 18.3 Å². The molecular weight excluding hydrogens is 166 g/mol. The summed E-state index contributed by atoms with van der Waals surface area (Å²) in [6.07, 6.45) is 5.97. The zero-order valence-corrected chi connectivity index (χ0v) is 9.33. The summed E-state index contributed by atoms with van der Waals surface area (Å²) < 4.78 is 0. The van der Waals surface area contributed by atoms with Crippen LogP contribution in [0.25, 0.3) is 0 Å². The van der Waals surface area contributed by atoms with E-state index < -0.39 is 0 Å². The molecule has 0 saturated heterocycles. The third-order valence-corrected chi connectivity index (χ3v) is 1.87. The summed E-state index contributed by atoms with van der Waals surface area (Å²) in [5, 5.41) is 1.01. The molecule has 0 aliphatic carbocycles.